The first-order valence-corrected chi connectivity index (χ1v) is 21.0. The van der Waals surface area contributed by atoms with Gasteiger partial charge in [0.2, 0.25) is 0 Å². The molecular weight excluding hydrogens is 728 g/mol. The molecule has 4 aliphatic carbocycles. The number of allylic oxidation sites excluding steroid dienone is 2. The SMILES string of the molecule is CC(C)=CCC[C@](C)(O)[C@H]1CC[C@]2(C)[C@@H]1[C@H](O)C[C@@H]1[C@@]3(C)CC[C@H](O[C@@H]4O[C@H](CO)[C@@H](O)[C@H](O)[C@H]4O)C(C)(C)[C@@H]3[C@@H](O[C@@H]3O[C@H](CO)[C@@H](O)[C@H](O)[C@H]3O)C[C@]12C. The lowest BCUT2D eigenvalue weighted by atomic mass is 9.34. The van der Waals surface area contributed by atoms with Crippen molar-refractivity contribution in [3.05, 3.63) is 11.6 Å². The van der Waals surface area contributed by atoms with Gasteiger partial charge in [0.15, 0.2) is 12.6 Å². The Balaban J connectivity index is 1.38. The van der Waals surface area contributed by atoms with E-state index < -0.39 is 120 Å². The zero-order valence-electron chi connectivity index (χ0n) is 34.6. The standard InChI is InChI=1S/C42H72O14/c1-20(2)10-9-13-42(8,52)21-11-15-40(6)28(21)22(45)16-26-39(5)14-12-27(56-37-34(51)32(49)30(47)25(19-44)55-37)38(3,4)35(39)23(17-41(26,40)7)53-36-33(50)31(48)29(46)24(18-43)54-36/h10,21-37,43-52H,9,11-19H2,1-8H3/t21-,22+,23-,24+,25+,26+,27-,28-,29+,30+,31-,32-,33+,34+,35-,36+,37-,39+,40+,41+,42-/m0/s1. The first kappa shape index (κ1) is 44.7. The van der Waals surface area contributed by atoms with E-state index in [0.717, 1.165) is 19.3 Å². The molecule has 2 saturated heterocycles. The summed E-state index contributed by atoms with van der Waals surface area (Å²) >= 11 is 0. The van der Waals surface area contributed by atoms with E-state index in [1.807, 2.05) is 34.6 Å². The fourth-order valence-electron chi connectivity index (χ4n) is 13.5. The Kier molecular flexibility index (Phi) is 12.7. The smallest absolute Gasteiger partial charge is 0.186 e. The Morgan fingerprint density at radius 1 is 0.750 bits per heavy atom. The second-order valence-corrected chi connectivity index (χ2v) is 20.3. The molecule has 6 aliphatic rings. The van der Waals surface area contributed by atoms with Gasteiger partial charge in [0, 0.05) is 0 Å². The summed E-state index contributed by atoms with van der Waals surface area (Å²) in [5.74, 6) is -0.703. The maximum Gasteiger partial charge on any atom is 0.186 e. The van der Waals surface area contributed by atoms with E-state index in [2.05, 4.69) is 26.8 Å². The lowest BCUT2D eigenvalue weighted by Gasteiger charge is -2.72. The van der Waals surface area contributed by atoms with Gasteiger partial charge in [-0.2, -0.15) is 0 Å². The average Bonchev–Trinajstić information content (AvgIpc) is 3.51. The lowest BCUT2D eigenvalue weighted by Crippen LogP contribution is -2.71. The number of hydrogen-bond donors (Lipinski definition) is 10. The van der Waals surface area contributed by atoms with Crippen molar-refractivity contribution >= 4 is 0 Å². The van der Waals surface area contributed by atoms with E-state index in [1.54, 1.807) is 0 Å². The molecule has 4 saturated carbocycles. The summed E-state index contributed by atoms with van der Waals surface area (Å²) in [4.78, 5) is 0. The van der Waals surface area contributed by atoms with E-state index in [1.165, 1.54) is 5.57 Å². The van der Waals surface area contributed by atoms with Crippen molar-refractivity contribution in [3.8, 4) is 0 Å². The number of aliphatic hydroxyl groups excluding tert-OH is 9. The van der Waals surface area contributed by atoms with Crippen molar-refractivity contribution in [1.82, 2.24) is 0 Å². The number of ether oxygens (including phenoxy) is 4. The van der Waals surface area contributed by atoms with Crippen LogP contribution in [-0.2, 0) is 18.9 Å². The van der Waals surface area contributed by atoms with Crippen molar-refractivity contribution < 1.29 is 70.0 Å². The molecule has 56 heavy (non-hydrogen) atoms. The van der Waals surface area contributed by atoms with E-state index in [0.29, 0.717) is 32.1 Å². The predicted molar refractivity (Wildman–Crippen MR) is 202 cm³/mol. The van der Waals surface area contributed by atoms with Crippen LogP contribution >= 0.6 is 0 Å². The van der Waals surface area contributed by atoms with Crippen LogP contribution in [0.4, 0.5) is 0 Å². The third-order valence-electron chi connectivity index (χ3n) is 16.5. The van der Waals surface area contributed by atoms with Crippen LogP contribution in [0.15, 0.2) is 11.6 Å². The van der Waals surface area contributed by atoms with Crippen LogP contribution in [-0.4, -0.2) is 150 Å². The summed E-state index contributed by atoms with van der Waals surface area (Å²) in [6, 6.07) is 0. The third-order valence-corrected chi connectivity index (χ3v) is 16.5. The van der Waals surface area contributed by atoms with Gasteiger partial charge in [0.1, 0.15) is 48.8 Å². The zero-order valence-corrected chi connectivity index (χ0v) is 34.6. The van der Waals surface area contributed by atoms with Crippen LogP contribution in [0.5, 0.6) is 0 Å². The Morgan fingerprint density at radius 2 is 1.30 bits per heavy atom. The predicted octanol–water partition coefficient (Wildman–Crippen LogP) is 1.12. The number of fused-ring (bicyclic) bond motifs is 5. The summed E-state index contributed by atoms with van der Waals surface area (Å²) < 4.78 is 25.2. The summed E-state index contributed by atoms with van der Waals surface area (Å²) in [5, 5.41) is 109. The van der Waals surface area contributed by atoms with Gasteiger partial charge in [-0.15, -0.1) is 0 Å². The highest BCUT2D eigenvalue weighted by Gasteiger charge is 2.74. The molecule has 0 aromatic heterocycles. The first-order valence-electron chi connectivity index (χ1n) is 21.0. The normalized spacial score (nSPS) is 52.6. The quantitative estimate of drug-likeness (QED) is 0.110. The molecular formula is C42H72O14. The molecule has 0 aromatic carbocycles. The van der Waals surface area contributed by atoms with Crippen molar-refractivity contribution in [2.45, 2.75) is 192 Å². The van der Waals surface area contributed by atoms with Crippen LogP contribution < -0.4 is 0 Å². The third kappa shape index (κ3) is 7.16. The molecule has 2 aliphatic heterocycles. The molecule has 0 unspecified atom stereocenters. The van der Waals surface area contributed by atoms with Crippen LogP contribution in [0.1, 0.15) is 107 Å². The van der Waals surface area contributed by atoms with Crippen LogP contribution in [0.25, 0.3) is 0 Å². The molecule has 6 fully saturated rings. The van der Waals surface area contributed by atoms with E-state index in [9.17, 15) is 51.1 Å². The average molecular weight is 801 g/mol. The topological polar surface area (TPSA) is 239 Å². The second kappa shape index (κ2) is 15.9. The molecule has 324 valence electrons. The van der Waals surface area contributed by atoms with Gasteiger partial charge in [-0.25, -0.2) is 0 Å². The molecule has 0 bridgehead atoms. The van der Waals surface area contributed by atoms with Gasteiger partial charge in [0.05, 0.1) is 37.1 Å². The van der Waals surface area contributed by atoms with Gasteiger partial charge in [-0.3, -0.25) is 0 Å². The van der Waals surface area contributed by atoms with Gasteiger partial charge in [-0.05, 0) is 117 Å². The van der Waals surface area contributed by atoms with E-state index in [-0.39, 0.29) is 23.7 Å². The Morgan fingerprint density at radius 3 is 1.84 bits per heavy atom. The monoisotopic (exact) mass is 800 g/mol. The highest BCUT2D eigenvalue weighted by Crippen LogP contribution is 2.76. The molecule has 21 atom stereocenters. The van der Waals surface area contributed by atoms with Crippen molar-refractivity contribution in [2.75, 3.05) is 13.2 Å². The highest BCUT2D eigenvalue weighted by atomic mass is 16.7. The lowest BCUT2D eigenvalue weighted by molar-refractivity contribution is -0.359. The highest BCUT2D eigenvalue weighted by molar-refractivity contribution is 5.22. The van der Waals surface area contributed by atoms with Crippen LogP contribution in [0.2, 0.25) is 0 Å². The fraction of sp³-hybridized carbons (Fsp3) is 0.952. The molecule has 0 amide bonds. The Labute approximate surface area is 331 Å². The number of rotatable bonds is 10. The molecule has 0 aromatic rings. The summed E-state index contributed by atoms with van der Waals surface area (Å²) in [7, 11) is 0. The van der Waals surface area contributed by atoms with Crippen LogP contribution in [0.3, 0.4) is 0 Å². The van der Waals surface area contributed by atoms with Gasteiger partial charge in [-0.1, -0.05) is 46.3 Å². The molecule has 14 heteroatoms. The maximum absolute atomic E-state index is 12.3. The maximum atomic E-state index is 12.3. The van der Waals surface area contributed by atoms with Crippen molar-refractivity contribution in [1.29, 1.82) is 0 Å². The minimum atomic E-state index is -1.64. The minimum absolute atomic E-state index is 0.0206. The largest absolute Gasteiger partial charge is 0.394 e. The van der Waals surface area contributed by atoms with E-state index in [4.69, 9.17) is 18.9 Å². The fourth-order valence-corrected chi connectivity index (χ4v) is 13.5. The van der Waals surface area contributed by atoms with Gasteiger partial charge >= 0.3 is 0 Å². The van der Waals surface area contributed by atoms with Crippen LogP contribution in [0, 0.1) is 45.3 Å². The molecule has 10 N–H and O–H groups in total. The molecule has 0 radical (unpaired) electrons. The summed E-state index contributed by atoms with van der Waals surface area (Å²) in [6.07, 6.45) is -9.46. The Hall–Kier alpha value is -0.820. The summed E-state index contributed by atoms with van der Waals surface area (Å²) in [6.45, 7) is 15.6. The summed E-state index contributed by atoms with van der Waals surface area (Å²) in [5.41, 5.74) is -1.97. The van der Waals surface area contributed by atoms with E-state index >= 15 is 0 Å². The first-order chi connectivity index (χ1) is 26.0. The van der Waals surface area contributed by atoms with Gasteiger partial charge in [0.25, 0.3) is 0 Å². The molecule has 6 rings (SSSR count). The van der Waals surface area contributed by atoms with Gasteiger partial charge < -0.3 is 70.0 Å². The molecule has 2 heterocycles. The molecule has 14 nitrogen and oxygen atoms in total. The zero-order chi connectivity index (χ0) is 41.5. The Bertz CT molecular complexity index is 1400. The minimum Gasteiger partial charge on any atom is -0.394 e. The van der Waals surface area contributed by atoms with Crippen molar-refractivity contribution in [2.24, 2.45) is 45.3 Å². The van der Waals surface area contributed by atoms with Crippen molar-refractivity contribution in [3.63, 3.8) is 0 Å². The number of aliphatic hydroxyl groups is 10. The second-order valence-electron chi connectivity index (χ2n) is 20.3. The molecule has 0 spiro atoms. The number of hydrogen-bond acceptors (Lipinski definition) is 14.